The van der Waals surface area contributed by atoms with Crippen LogP contribution in [0.15, 0.2) is 84.3 Å². The van der Waals surface area contributed by atoms with Crippen LogP contribution in [-0.4, -0.2) is 35.1 Å². The van der Waals surface area contributed by atoms with Crippen LogP contribution in [0.1, 0.15) is 10.4 Å². The maximum absolute atomic E-state index is 13.6. The van der Waals surface area contributed by atoms with Crippen LogP contribution in [-0.2, 0) is 10.0 Å². The molecule has 0 aliphatic carbocycles. The van der Waals surface area contributed by atoms with Gasteiger partial charge in [0.05, 0.1) is 41.9 Å². The second-order valence-corrected chi connectivity index (χ2v) is 9.09. The van der Waals surface area contributed by atoms with Crippen molar-refractivity contribution in [2.24, 2.45) is 0 Å². The summed E-state index contributed by atoms with van der Waals surface area (Å²) in [6.07, 6.45) is 1.47. The average Bonchev–Trinajstić information content (AvgIpc) is 2.82. The number of hydrogen-bond donors (Lipinski definition) is 1. The molecule has 0 unspecified atom stereocenters. The van der Waals surface area contributed by atoms with Crippen molar-refractivity contribution in [2.75, 3.05) is 30.4 Å². The van der Waals surface area contributed by atoms with Gasteiger partial charge in [0.15, 0.2) is 0 Å². The van der Waals surface area contributed by atoms with E-state index in [2.05, 4.69) is 11.9 Å². The zero-order valence-corrected chi connectivity index (χ0v) is 19.7. The molecule has 33 heavy (non-hydrogen) atoms. The van der Waals surface area contributed by atoms with E-state index in [1.54, 1.807) is 48.5 Å². The van der Waals surface area contributed by atoms with Crippen LogP contribution in [0.3, 0.4) is 0 Å². The van der Waals surface area contributed by atoms with Crippen molar-refractivity contribution in [2.45, 2.75) is 4.90 Å². The second-order valence-electron chi connectivity index (χ2n) is 6.82. The Kier molecular flexibility index (Phi) is 7.63. The number of carbonyl (C=O) groups excluding carboxylic acids is 1. The van der Waals surface area contributed by atoms with Gasteiger partial charge in [-0.3, -0.25) is 9.10 Å². The number of rotatable bonds is 9. The van der Waals surface area contributed by atoms with E-state index in [1.807, 2.05) is 0 Å². The van der Waals surface area contributed by atoms with Crippen LogP contribution in [0.2, 0.25) is 5.02 Å². The molecule has 0 radical (unpaired) electrons. The fraction of sp³-hybridized carbons (Fsp3) is 0.125. The van der Waals surface area contributed by atoms with E-state index in [9.17, 15) is 13.2 Å². The number of methoxy groups -OCH3 is 2. The van der Waals surface area contributed by atoms with Gasteiger partial charge in [-0.15, -0.1) is 6.58 Å². The van der Waals surface area contributed by atoms with Gasteiger partial charge < -0.3 is 14.8 Å². The van der Waals surface area contributed by atoms with E-state index < -0.39 is 15.9 Å². The first-order chi connectivity index (χ1) is 15.8. The Hall–Kier alpha value is -3.49. The van der Waals surface area contributed by atoms with Gasteiger partial charge in [0.25, 0.3) is 15.9 Å². The van der Waals surface area contributed by atoms with Gasteiger partial charge >= 0.3 is 0 Å². The third-order valence-corrected chi connectivity index (χ3v) is 6.85. The summed E-state index contributed by atoms with van der Waals surface area (Å²) in [7, 11) is -1.11. The Morgan fingerprint density at radius 3 is 2.52 bits per heavy atom. The van der Waals surface area contributed by atoms with E-state index in [0.29, 0.717) is 22.9 Å². The quantitative estimate of drug-likeness (QED) is 0.431. The molecule has 3 aromatic rings. The van der Waals surface area contributed by atoms with Gasteiger partial charge in [0, 0.05) is 11.8 Å². The lowest BCUT2D eigenvalue weighted by atomic mass is 10.2. The van der Waals surface area contributed by atoms with E-state index in [4.69, 9.17) is 21.1 Å². The number of para-hydroxylation sites is 2. The van der Waals surface area contributed by atoms with E-state index >= 15 is 0 Å². The third-order valence-electron chi connectivity index (χ3n) is 4.75. The topological polar surface area (TPSA) is 84.9 Å². The molecule has 0 bridgehead atoms. The zero-order chi connectivity index (χ0) is 24.0. The van der Waals surface area contributed by atoms with Crippen LogP contribution in [0.25, 0.3) is 0 Å². The fourth-order valence-corrected chi connectivity index (χ4v) is 4.82. The predicted molar refractivity (Wildman–Crippen MR) is 130 cm³/mol. The molecule has 0 aliphatic heterocycles. The molecule has 3 aromatic carbocycles. The smallest absolute Gasteiger partial charge is 0.264 e. The highest BCUT2D eigenvalue weighted by atomic mass is 35.5. The number of carbonyl (C=O) groups is 1. The first-order valence-corrected chi connectivity index (χ1v) is 11.6. The summed E-state index contributed by atoms with van der Waals surface area (Å²) in [5.41, 5.74) is 0.836. The highest BCUT2D eigenvalue weighted by Crippen LogP contribution is 2.33. The van der Waals surface area contributed by atoms with Crippen LogP contribution in [0.5, 0.6) is 11.5 Å². The zero-order valence-electron chi connectivity index (χ0n) is 18.1. The number of nitrogens with zero attached hydrogens (tertiary/aromatic N) is 1. The summed E-state index contributed by atoms with van der Waals surface area (Å²) < 4.78 is 38.8. The molecule has 3 rings (SSSR count). The summed E-state index contributed by atoms with van der Waals surface area (Å²) in [6, 6.07) is 17.5. The molecular formula is C24H23ClN2O5S. The van der Waals surface area contributed by atoms with Gasteiger partial charge in [-0.05, 0) is 42.5 Å². The molecule has 0 heterocycles. The Morgan fingerprint density at radius 1 is 1.06 bits per heavy atom. The molecule has 0 saturated heterocycles. The Balaban J connectivity index is 2.00. The number of sulfonamides is 1. The normalized spacial score (nSPS) is 10.9. The summed E-state index contributed by atoms with van der Waals surface area (Å²) >= 11 is 6.24. The van der Waals surface area contributed by atoms with Crippen molar-refractivity contribution in [3.8, 4) is 11.5 Å². The molecular weight excluding hydrogens is 464 g/mol. The molecule has 1 amide bonds. The average molecular weight is 487 g/mol. The Labute approximate surface area is 198 Å². The van der Waals surface area contributed by atoms with Crippen molar-refractivity contribution >= 4 is 38.9 Å². The van der Waals surface area contributed by atoms with E-state index in [0.717, 1.165) is 4.31 Å². The van der Waals surface area contributed by atoms with Crippen LogP contribution in [0.4, 0.5) is 11.4 Å². The van der Waals surface area contributed by atoms with Crippen molar-refractivity contribution < 1.29 is 22.7 Å². The first-order valence-electron chi connectivity index (χ1n) is 9.83. The van der Waals surface area contributed by atoms with Crippen LogP contribution < -0.4 is 19.1 Å². The Morgan fingerprint density at radius 2 is 1.82 bits per heavy atom. The van der Waals surface area contributed by atoms with Gasteiger partial charge in [0.1, 0.15) is 11.5 Å². The summed E-state index contributed by atoms with van der Waals surface area (Å²) in [4.78, 5) is 12.8. The predicted octanol–water partition coefficient (Wildman–Crippen LogP) is 4.99. The van der Waals surface area contributed by atoms with Crippen molar-refractivity contribution in [1.82, 2.24) is 0 Å². The largest absolute Gasteiger partial charge is 0.497 e. The van der Waals surface area contributed by atoms with Gasteiger partial charge in [-0.2, -0.15) is 0 Å². The molecule has 0 atom stereocenters. The molecule has 0 saturated carbocycles. The van der Waals surface area contributed by atoms with Crippen LogP contribution in [0, 0.1) is 0 Å². The number of nitrogens with one attached hydrogen (secondary N) is 1. The minimum absolute atomic E-state index is 0.00330. The number of amides is 1. The third kappa shape index (κ3) is 5.30. The van der Waals surface area contributed by atoms with Crippen LogP contribution >= 0.6 is 11.6 Å². The fourth-order valence-electron chi connectivity index (χ4n) is 3.14. The van der Waals surface area contributed by atoms with Crippen molar-refractivity contribution in [1.29, 1.82) is 0 Å². The molecule has 172 valence electrons. The lowest BCUT2D eigenvalue weighted by molar-refractivity contribution is 0.102. The molecule has 0 fully saturated rings. The summed E-state index contributed by atoms with van der Waals surface area (Å²) in [5, 5.41) is 2.82. The molecule has 1 N–H and O–H groups in total. The Bertz CT molecular complexity index is 1280. The second kappa shape index (κ2) is 10.4. The van der Waals surface area contributed by atoms with Gasteiger partial charge in [-0.25, -0.2) is 8.42 Å². The van der Waals surface area contributed by atoms with Crippen molar-refractivity contribution in [3.05, 3.63) is 90.0 Å². The highest BCUT2D eigenvalue weighted by molar-refractivity contribution is 7.92. The number of anilines is 2. The van der Waals surface area contributed by atoms with Crippen molar-refractivity contribution in [3.63, 3.8) is 0 Å². The number of ether oxygens (including phenoxy) is 2. The highest BCUT2D eigenvalue weighted by Gasteiger charge is 2.28. The monoisotopic (exact) mass is 486 g/mol. The standard InChI is InChI=1S/C24H23ClN2O5S/c1-4-14-27(22-10-5-6-11-23(22)32-3)33(29,30)19-12-13-21(25)20(16-19)24(28)26-17-8-7-9-18(15-17)31-2/h4-13,15-16H,1,14H2,2-3H3,(H,26,28). The van der Waals surface area contributed by atoms with Gasteiger partial charge in [-0.1, -0.05) is 35.9 Å². The molecule has 0 aromatic heterocycles. The minimum Gasteiger partial charge on any atom is -0.497 e. The summed E-state index contributed by atoms with van der Waals surface area (Å²) in [5.74, 6) is 0.387. The SMILES string of the molecule is C=CCN(c1ccccc1OC)S(=O)(=O)c1ccc(Cl)c(C(=O)Nc2cccc(OC)c2)c1. The first kappa shape index (κ1) is 24.2. The molecule has 7 nitrogen and oxygen atoms in total. The molecule has 9 heteroatoms. The number of benzene rings is 3. The lowest BCUT2D eigenvalue weighted by Gasteiger charge is -2.25. The number of hydrogen-bond acceptors (Lipinski definition) is 5. The maximum atomic E-state index is 13.6. The number of halogens is 1. The van der Waals surface area contributed by atoms with Gasteiger partial charge in [0.2, 0.25) is 0 Å². The van der Waals surface area contributed by atoms with E-state index in [-0.39, 0.29) is 22.0 Å². The maximum Gasteiger partial charge on any atom is 0.264 e. The molecule has 0 aliphatic rings. The summed E-state index contributed by atoms with van der Waals surface area (Å²) in [6.45, 7) is 3.66. The minimum atomic E-state index is -4.08. The molecule has 0 spiro atoms. The van der Waals surface area contributed by atoms with E-state index in [1.165, 1.54) is 38.5 Å². The lowest BCUT2D eigenvalue weighted by Crippen LogP contribution is -2.31.